The second kappa shape index (κ2) is 3.43. The van der Waals surface area contributed by atoms with E-state index in [-0.39, 0.29) is 0 Å². The second-order valence-electron chi connectivity index (χ2n) is 1.71. The summed E-state index contributed by atoms with van der Waals surface area (Å²) in [6.45, 7) is 1.88. The van der Waals surface area contributed by atoms with Gasteiger partial charge in [0.15, 0.2) is 0 Å². The first-order valence-electron chi connectivity index (χ1n) is 2.66. The predicted octanol–water partition coefficient (Wildman–Crippen LogP) is -0.367. The van der Waals surface area contributed by atoms with Crippen LogP contribution >= 0.6 is 0 Å². The van der Waals surface area contributed by atoms with Crippen LogP contribution in [0.5, 0.6) is 0 Å². The Bertz CT molecular complexity index is 82.5. The highest BCUT2D eigenvalue weighted by molar-refractivity contribution is 5.78. The van der Waals surface area contributed by atoms with Crippen LogP contribution < -0.4 is 5.73 Å². The quantitative estimate of drug-likeness (QED) is 0.530. The Hall–Kier alpha value is -0.570. The molecule has 0 saturated heterocycles. The van der Waals surface area contributed by atoms with Crippen LogP contribution in [-0.4, -0.2) is 17.1 Å². The summed E-state index contributed by atoms with van der Waals surface area (Å²) in [6.07, 6.45) is 0.305. The number of carbonyl (C=O) groups is 1. The summed E-state index contributed by atoms with van der Waals surface area (Å²) in [5, 5.41) is 8.65. The van der Waals surface area contributed by atoms with Gasteiger partial charge < -0.3 is 10.8 Å². The number of nitrogens with two attached hydrogens (primary N) is 1. The van der Waals surface area contributed by atoms with E-state index in [0.29, 0.717) is 6.42 Å². The summed E-state index contributed by atoms with van der Waals surface area (Å²) in [6, 6.07) is 0. The van der Waals surface area contributed by atoms with Crippen molar-refractivity contribution in [1.82, 2.24) is 0 Å². The summed E-state index contributed by atoms with van der Waals surface area (Å²) >= 11 is 0. The molecule has 3 nitrogen and oxygen atoms in total. The highest BCUT2D eigenvalue weighted by Gasteiger charge is 2.06. The third-order valence-electron chi connectivity index (χ3n) is 0.891. The van der Waals surface area contributed by atoms with Crippen LogP contribution in [0.1, 0.15) is 19.8 Å². The van der Waals surface area contributed by atoms with Crippen molar-refractivity contribution in [2.75, 3.05) is 0 Å². The average Bonchev–Trinajstić information content (AvgIpc) is 1.67. The first kappa shape index (κ1) is 7.43. The van der Waals surface area contributed by atoms with Gasteiger partial charge in [-0.3, -0.25) is 4.79 Å². The molecule has 0 bridgehead atoms. The highest BCUT2D eigenvalue weighted by atomic mass is 16.3. The molecule has 0 fully saturated rings. The van der Waals surface area contributed by atoms with E-state index in [2.05, 4.69) is 0 Å². The van der Waals surface area contributed by atoms with Gasteiger partial charge in [0.05, 0.1) is 0 Å². The molecule has 0 unspecified atom stereocenters. The normalized spacial score (nSPS) is 13.2. The third kappa shape index (κ3) is 2.58. The van der Waals surface area contributed by atoms with E-state index in [1.807, 2.05) is 6.92 Å². The van der Waals surface area contributed by atoms with E-state index >= 15 is 0 Å². The summed E-state index contributed by atoms with van der Waals surface area (Å²) in [5.41, 5.74) is 4.73. The zero-order chi connectivity index (χ0) is 6.57. The fraction of sp³-hybridized carbons (Fsp3) is 0.800. The number of carbonyl (C=O) groups excluding carboxylic acids is 1. The van der Waals surface area contributed by atoms with Gasteiger partial charge in [-0.15, -0.1) is 0 Å². The van der Waals surface area contributed by atoms with Gasteiger partial charge >= 0.3 is 0 Å². The Morgan fingerprint density at radius 3 is 2.50 bits per heavy atom. The molecule has 0 aromatic carbocycles. The largest absolute Gasteiger partial charge is 0.383 e. The van der Waals surface area contributed by atoms with Gasteiger partial charge in [-0.1, -0.05) is 13.3 Å². The third-order valence-corrected chi connectivity index (χ3v) is 0.891. The van der Waals surface area contributed by atoms with E-state index < -0.39 is 12.0 Å². The molecule has 0 saturated carbocycles. The Kier molecular flexibility index (Phi) is 3.19. The minimum absolute atomic E-state index is 0.468. The fourth-order valence-electron chi connectivity index (χ4n) is 0.416. The van der Waals surface area contributed by atoms with Gasteiger partial charge in [0.1, 0.15) is 6.10 Å². The molecule has 1 atom stereocenters. The minimum atomic E-state index is -0.944. The molecule has 0 aromatic heterocycles. The van der Waals surface area contributed by atoms with Crippen molar-refractivity contribution in [2.24, 2.45) is 5.73 Å². The molecule has 0 aromatic rings. The molecule has 0 rings (SSSR count). The minimum Gasteiger partial charge on any atom is -0.383 e. The maximum atomic E-state index is 10.1. The van der Waals surface area contributed by atoms with E-state index in [4.69, 9.17) is 10.8 Å². The first-order chi connectivity index (χ1) is 3.68. The molecule has 0 spiro atoms. The van der Waals surface area contributed by atoms with Gasteiger partial charge in [-0.25, -0.2) is 0 Å². The van der Waals surface area contributed by atoms with Gasteiger partial charge in [0.2, 0.25) is 5.91 Å². The molecule has 0 aliphatic rings. The lowest BCUT2D eigenvalue weighted by Crippen LogP contribution is -2.27. The molecule has 1 amide bonds. The first-order valence-corrected chi connectivity index (χ1v) is 2.66. The zero-order valence-corrected chi connectivity index (χ0v) is 4.92. The molecule has 3 N–H and O–H groups in total. The van der Waals surface area contributed by atoms with Crippen molar-refractivity contribution in [3.63, 3.8) is 0 Å². The van der Waals surface area contributed by atoms with Crippen LogP contribution in [0.4, 0.5) is 0 Å². The van der Waals surface area contributed by atoms with Crippen molar-refractivity contribution >= 4 is 5.91 Å². The van der Waals surface area contributed by atoms with Crippen LogP contribution in [0.3, 0.4) is 0 Å². The predicted molar refractivity (Wildman–Crippen MR) is 30.1 cm³/mol. The van der Waals surface area contributed by atoms with Crippen LogP contribution in [0.15, 0.2) is 0 Å². The van der Waals surface area contributed by atoms with E-state index in [0.717, 1.165) is 6.42 Å². The van der Waals surface area contributed by atoms with Gasteiger partial charge in [0, 0.05) is 0 Å². The van der Waals surface area contributed by atoms with Crippen LogP contribution in [0, 0.1) is 0 Å². The van der Waals surface area contributed by atoms with Gasteiger partial charge in [-0.2, -0.15) is 0 Å². The molecule has 48 valence electrons. The van der Waals surface area contributed by atoms with E-state index in [1.54, 1.807) is 0 Å². The second-order valence-corrected chi connectivity index (χ2v) is 1.71. The van der Waals surface area contributed by atoms with E-state index in [1.165, 1.54) is 0 Å². The lowest BCUT2D eigenvalue weighted by molar-refractivity contribution is -0.126. The topological polar surface area (TPSA) is 63.3 Å². The Morgan fingerprint density at radius 2 is 2.38 bits per heavy atom. The summed E-state index contributed by atoms with van der Waals surface area (Å²) < 4.78 is 0. The van der Waals surface area contributed by atoms with Crippen molar-refractivity contribution < 1.29 is 9.90 Å². The van der Waals surface area contributed by atoms with Crippen molar-refractivity contribution in [2.45, 2.75) is 25.9 Å². The maximum Gasteiger partial charge on any atom is 0.246 e. The SMILES string of the molecule is CCC[C@H](O)C(N)=O. The number of amides is 1. The summed E-state index contributed by atoms with van der Waals surface area (Å²) in [7, 11) is 0. The standard InChI is InChI=1S/C5H11NO2/c1-2-3-4(7)5(6)8/h4,7H,2-3H2,1H3,(H2,6,8)/t4-/m0/s1. The molecule has 0 aliphatic heterocycles. The van der Waals surface area contributed by atoms with Gasteiger partial charge in [-0.05, 0) is 6.42 Å². The van der Waals surface area contributed by atoms with Crippen LogP contribution in [0.25, 0.3) is 0 Å². The van der Waals surface area contributed by atoms with Crippen LogP contribution in [0.2, 0.25) is 0 Å². The number of aliphatic hydroxyl groups excluding tert-OH is 1. The molecule has 8 heavy (non-hydrogen) atoms. The van der Waals surface area contributed by atoms with E-state index in [9.17, 15) is 4.79 Å². The monoisotopic (exact) mass is 117 g/mol. The Balaban J connectivity index is 3.32. The summed E-state index contributed by atoms with van der Waals surface area (Å²) in [4.78, 5) is 10.1. The van der Waals surface area contributed by atoms with Crippen molar-refractivity contribution in [3.05, 3.63) is 0 Å². The molecule has 0 aliphatic carbocycles. The smallest absolute Gasteiger partial charge is 0.246 e. The number of rotatable bonds is 3. The maximum absolute atomic E-state index is 10.1. The van der Waals surface area contributed by atoms with Gasteiger partial charge in [0.25, 0.3) is 0 Å². The highest BCUT2D eigenvalue weighted by Crippen LogP contribution is 1.92. The molecule has 0 heterocycles. The van der Waals surface area contributed by atoms with Crippen molar-refractivity contribution in [1.29, 1.82) is 0 Å². The van der Waals surface area contributed by atoms with Crippen molar-refractivity contribution in [3.8, 4) is 0 Å². The van der Waals surface area contributed by atoms with Crippen LogP contribution in [-0.2, 0) is 4.79 Å². The fourth-order valence-corrected chi connectivity index (χ4v) is 0.416. The number of hydrogen-bond donors (Lipinski definition) is 2. The zero-order valence-electron chi connectivity index (χ0n) is 4.92. The lowest BCUT2D eigenvalue weighted by Gasteiger charge is -2.00. The molecule has 3 heteroatoms. The molecular weight excluding hydrogens is 106 g/mol. The summed E-state index contributed by atoms with van der Waals surface area (Å²) in [5.74, 6) is -0.633. The lowest BCUT2D eigenvalue weighted by atomic mass is 10.2. The molecule has 0 radical (unpaired) electrons. The average molecular weight is 117 g/mol. The number of hydrogen-bond acceptors (Lipinski definition) is 2. The number of aliphatic hydroxyl groups is 1. The molecular formula is C5H11NO2. The Labute approximate surface area is 48.5 Å². The Morgan fingerprint density at radius 1 is 1.88 bits per heavy atom. The number of primary amides is 1.